The quantitative estimate of drug-likeness (QED) is 0.881. The topological polar surface area (TPSA) is 35.2 Å². The molecule has 1 atom stereocenters. The second-order valence-corrected chi connectivity index (χ2v) is 7.58. The third-order valence-electron chi connectivity index (χ3n) is 6.17. The van der Waals surface area contributed by atoms with Crippen LogP contribution in [0.15, 0.2) is 24.3 Å². The highest BCUT2D eigenvalue weighted by atomic mass is 16.5. The van der Waals surface area contributed by atoms with Gasteiger partial charge in [0.1, 0.15) is 11.9 Å². The molecule has 3 aliphatic rings. The Morgan fingerprint density at radius 3 is 2.62 bits per heavy atom. The Balaban J connectivity index is 1.45. The van der Waals surface area contributed by atoms with Crippen molar-refractivity contribution in [1.82, 2.24) is 0 Å². The highest BCUT2D eigenvalue weighted by Crippen LogP contribution is 2.58. The minimum atomic E-state index is 0.375. The molecule has 1 aromatic rings. The normalized spacial score (nSPS) is 28.3. The first-order valence-corrected chi connectivity index (χ1v) is 8.74. The molecule has 4 rings (SSSR count). The number of rotatable bonds is 5. The zero-order valence-electron chi connectivity index (χ0n) is 12.9. The first-order chi connectivity index (χ1) is 10.3. The van der Waals surface area contributed by atoms with Crippen LogP contribution in [0.25, 0.3) is 0 Å². The molecule has 2 heteroatoms. The average molecular weight is 285 g/mol. The van der Waals surface area contributed by atoms with Gasteiger partial charge in [0.2, 0.25) is 0 Å². The van der Waals surface area contributed by atoms with Crippen molar-refractivity contribution in [2.75, 3.05) is 6.54 Å². The van der Waals surface area contributed by atoms with Crippen molar-refractivity contribution >= 4 is 0 Å². The summed E-state index contributed by atoms with van der Waals surface area (Å²) in [5.41, 5.74) is 8.15. The lowest BCUT2D eigenvalue weighted by Crippen LogP contribution is -2.16. The molecule has 0 radical (unpaired) electrons. The van der Waals surface area contributed by atoms with E-state index in [-0.39, 0.29) is 0 Å². The first kappa shape index (κ1) is 13.6. The van der Waals surface area contributed by atoms with Crippen molar-refractivity contribution in [3.63, 3.8) is 0 Å². The summed E-state index contributed by atoms with van der Waals surface area (Å²) in [7, 11) is 0. The Morgan fingerprint density at radius 2 is 1.90 bits per heavy atom. The molecule has 1 spiro atoms. The smallest absolute Gasteiger partial charge is 0.120 e. The van der Waals surface area contributed by atoms with Crippen LogP contribution < -0.4 is 10.5 Å². The summed E-state index contributed by atoms with van der Waals surface area (Å²) < 4.78 is 6.33. The van der Waals surface area contributed by atoms with Gasteiger partial charge in [-0.25, -0.2) is 0 Å². The van der Waals surface area contributed by atoms with E-state index in [1.807, 2.05) is 0 Å². The molecular weight excluding hydrogens is 258 g/mol. The van der Waals surface area contributed by atoms with Crippen molar-refractivity contribution in [3.8, 4) is 5.75 Å². The molecule has 0 amide bonds. The summed E-state index contributed by atoms with van der Waals surface area (Å²) in [6.07, 6.45) is 12.5. The number of ether oxygens (including phenoxy) is 1. The Labute approximate surface area is 128 Å². The summed E-state index contributed by atoms with van der Waals surface area (Å²) in [6, 6.07) is 8.85. The van der Waals surface area contributed by atoms with Crippen molar-refractivity contribution < 1.29 is 4.74 Å². The van der Waals surface area contributed by atoms with Gasteiger partial charge < -0.3 is 10.5 Å². The second kappa shape index (κ2) is 5.01. The van der Waals surface area contributed by atoms with Crippen molar-refractivity contribution in [3.05, 3.63) is 29.8 Å². The zero-order valence-corrected chi connectivity index (χ0v) is 12.9. The fraction of sp³-hybridized carbons (Fsp3) is 0.684. The number of nitrogens with two attached hydrogens (primary N) is 1. The van der Waals surface area contributed by atoms with Crippen LogP contribution in [-0.4, -0.2) is 12.6 Å². The number of hydrogen-bond donors (Lipinski definition) is 1. The minimum Gasteiger partial charge on any atom is -0.490 e. The van der Waals surface area contributed by atoms with Gasteiger partial charge in [-0.3, -0.25) is 0 Å². The van der Waals surface area contributed by atoms with E-state index in [0.717, 1.165) is 18.7 Å². The van der Waals surface area contributed by atoms with E-state index in [1.165, 1.54) is 56.9 Å². The van der Waals surface area contributed by atoms with E-state index in [4.69, 9.17) is 10.5 Å². The largest absolute Gasteiger partial charge is 0.490 e. The molecule has 3 aliphatic carbocycles. The predicted octanol–water partition coefficient (Wildman–Crippen LogP) is 4.17. The summed E-state index contributed by atoms with van der Waals surface area (Å²) in [4.78, 5) is 0. The maximum absolute atomic E-state index is 6.33. The fourth-order valence-corrected chi connectivity index (χ4v) is 4.43. The van der Waals surface area contributed by atoms with Gasteiger partial charge in [0.25, 0.3) is 0 Å². The molecule has 2 nitrogen and oxygen atoms in total. The maximum Gasteiger partial charge on any atom is 0.120 e. The molecule has 2 N–H and O–H groups in total. The highest BCUT2D eigenvalue weighted by molar-refractivity contribution is 5.38. The Kier molecular flexibility index (Phi) is 3.25. The van der Waals surface area contributed by atoms with E-state index in [2.05, 4.69) is 24.3 Å². The van der Waals surface area contributed by atoms with Gasteiger partial charge in [0.15, 0.2) is 0 Å². The second-order valence-electron chi connectivity index (χ2n) is 7.58. The van der Waals surface area contributed by atoms with Gasteiger partial charge in [0, 0.05) is 5.41 Å². The van der Waals surface area contributed by atoms with E-state index in [0.29, 0.717) is 16.9 Å². The van der Waals surface area contributed by atoms with Crippen LogP contribution in [0, 0.1) is 5.41 Å². The lowest BCUT2D eigenvalue weighted by molar-refractivity contribution is 0.205. The Hall–Kier alpha value is -1.02. The fourth-order valence-electron chi connectivity index (χ4n) is 4.43. The molecule has 0 aliphatic heterocycles. The molecule has 114 valence electrons. The molecule has 0 bridgehead atoms. The van der Waals surface area contributed by atoms with Crippen LogP contribution in [0.4, 0.5) is 0 Å². The van der Waals surface area contributed by atoms with Crippen LogP contribution in [0.1, 0.15) is 63.4 Å². The van der Waals surface area contributed by atoms with E-state index in [9.17, 15) is 0 Å². The maximum atomic E-state index is 6.33. The minimum absolute atomic E-state index is 0.375. The third kappa shape index (κ3) is 2.48. The van der Waals surface area contributed by atoms with E-state index < -0.39 is 0 Å². The van der Waals surface area contributed by atoms with Crippen LogP contribution in [0.3, 0.4) is 0 Å². The van der Waals surface area contributed by atoms with Gasteiger partial charge in [-0.2, -0.15) is 0 Å². The Morgan fingerprint density at radius 1 is 1.10 bits per heavy atom. The highest BCUT2D eigenvalue weighted by Gasteiger charge is 2.56. The van der Waals surface area contributed by atoms with E-state index >= 15 is 0 Å². The molecule has 1 aromatic carbocycles. The lowest BCUT2D eigenvalue weighted by atomic mass is 9.86. The lowest BCUT2D eigenvalue weighted by Gasteiger charge is -2.22. The van der Waals surface area contributed by atoms with Crippen molar-refractivity contribution in [2.45, 2.75) is 69.3 Å². The van der Waals surface area contributed by atoms with Crippen LogP contribution in [0.2, 0.25) is 0 Å². The summed E-state index contributed by atoms with van der Waals surface area (Å²) >= 11 is 0. The van der Waals surface area contributed by atoms with Gasteiger partial charge >= 0.3 is 0 Å². The van der Waals surface area contributed by atoms with Gasteiger partial charge in [-0.1, -0.05) is 31.4 Å². The summed E-state index contributed by atoms with van der Waals surface area (Å²) in [5, 5.41) is 0. The molecule has 0 aromatic heterocycles. The molecular formula is C19H27NO. The number of benzene rings is 1. The SMILES string of the molecule is NCCC1(c2cccc(O[C@@H]3CC34CCCCC4)c2)CC1. The van der Waals surface area contributed by atoms with Gasteiger partial charge in [-0.05, 0) is 68.2 Å². The van der Waals surface area contributed by atoms with Gasteiger partial charge in [-0.15, -0.1) is 0 Å². The summed E-state index contributed by atoms with van der Waals surface area (Å²) in [6.45, 7) is 0.789. The van der Waals surface area contributed by atoms with Crippen LogP contribution in [0.5, 0.6) is 5.75 Å². The van der Waals surface area contributed by atoms with Crippen molar-refractivity contribution in [1.29, 1.82) is 0 Å². The van der Waals surface area contributed by atoms with Crippen molar-refractivity contribution in [2.24, 2.45) is 11.1 Å². The monoisotopic (exact) mass is 285 g/mol. The van der Waals surface area contributed by atoms with E-state index in [1.54, 1.807) is 0 Å². The van der Waals surface area contributed by atoms with Crippen LogP contribution in [-0.2, 0) is 5.41 Å². The standard InChI is InChI=1S/C19H27NO/c20-12-11-18(9-10-18)15-5-4-6-16(13-15)21-17-14-19(17)7-2-1-3-8-19/h4-6,13,17H,1-3,7-12,14,20H2/t17-/m1/s1. The average Bonchev–Trinajstić information content (AvgIpc) is 3.41. The molecule has 0 unspecified atom stereocenters. The molecule has 3 saturated carbocycles. The first-order valence-electron chi connectivity index (χ1n) is 8.74. The Bertz CT molecular complexity index is 514. The van der Waals surface area contributed by atoms with Gasteiger partial charge in [0.05, 0.1) is 0 Å². The van der Waals surface area contributed by atoms with Crippen LogP contribution >= 0.6 is 0 Å². The summed E-state index contributed by atoms with van der Waals surface area (Å²) in [5.74, 6) is 1.09. The molecule has 0 heterocycles. The number of hydrogen-bond acceptors (Lipinski definition) is 2. The zero-order chi connectivity index (χ0) is 14.3. The molecule has 21 heavy (non-hydrogen) atoms. The molecule has 0 saturated heterocycles. The molecule has 3 fully saturated rings. The third-order valence-corrected chi connectivity index (χ3v) is 6.17. The predicted molar refractivity (Wildman–Crippen MR) is 85.6 cm³/mol.